The molecule has 150 valence electrons. The van der Waals surface area contributed by atoms with Crippen molar-refractivity contribution in [2.24, 2.45) is 10.4 Å². The molecule has 0 aliphatic heterocycles. The molecule has 1 aliphatic rings. The van der Waals surface area contributed by atoms with Gasteiger partial charge in [0.1, 0.15) is 6.10 Å². The Morgan fingerprint density at radius 3 is 2.44 bits per heavy atom. The summed E-state index contributed by atoms with van der Waals surface area (Å²) in [5.74, 6) is 0. The molecule has 2 unspecified atom stereocenters. The van der Waals surface area contributed by atoms with Crippen molar-refractivity contribution in [1.29, 1.82) is 0 Å². The minimum atomic E-state index is -1.31. The number of allylic oxidation sites excluding steroid dienone is 10. The average molecular weight is 374 g/mol. The number of nitrogens with zero attached hydrogens (tertiary/aromatic N) is 1. The van der Waals surface area contributed by atoms with Crippen LogP contribution in [-0.4, -0.2) is 40.5 Å². The Balaban J connectivity index is 2.67. The van der Waals surface area contributed by atoms with Crippen LogP contribution in [0.2, 0.25) is 0 Å². The molecule has 1 rings (SSSR count). The largest absolute Gasteiger partial charge is 0.393 e. The fraction of sp³-hybridized carbons (Fsp3) is 0.522. The van der Waals surface area contributed by atoms with E-state index < -0.39 is 18.9 Å². The molecule has 0 saturated carbocycles. The van der Waals surface area contributed by atoms with E-state index in [0.29, 0.717) is 0 Å². The van der Waals surface area contributed by atoms with Crippen LogP contribution < -0.4 is 0 Å². The van der Waals surface area contributed by atoms with Crippen LogP contribution in [0.3, 0.4) is 0 Å². The normalized spacial score (nSPS) is 21.6. The second kappa shape index (κ2) is 11.2. The van der Waals surface area contributed by atoms with E-state index in [4.69, 9.17) is 5.11 Å². The molecule has 0 heterocycles. The average Bonchev–Trinajstić information content (AvgIpc) is 2.59. The van der Waals surface area contributed by atoms with Gasteiger partial charge in [0.25, 0.3) is 0 Å². The SMILES string of the molecule is CC(=CC=NC(O)C(O)CO)/C=C/C=C(C)/C=C/C1=C(C)CCCC1(C)C. The van der Waals surface area contributed by atoms with Crippen molar-refractivity contribution in [3.05, 3.63) is 58.7 Å². The smallest absolute Gasteiger partial charge is 0.173 e. The van der Waals surface area contributed by atoms with Gasteiger partial charge in [0.2, 0.25) is 0 Å². The first kappa shape index (κ1) is 23.3. The lowest BCUT2D eigenvalue weighted by atomic mass is 9.72. The molecule has 0 radical (unpaired) electrons. The van der Waals surface area contributed by atoms with E-state index in [1.165, 1.54) is 42.2 Å². The van der Waals surface area contributed by atoms with Gasteiger partial charge in [0.05, 0.1) is 6.61 Å². The van der Waals surface area contributed by atoms with Gasteiger partial charge >= 0.3 is 0 Å². The van der Waals surface area contributed by atoms with Crippen molar-refractivity contribution in [3.63, 3.8) is 0 Å². The van der Waals surface area contributed by atoms with Crippen molar-refractivity contribution >= 4 is 6.21 Å². The molecular formula is C23H35NO3. The predicted octanol–water partition coefficient (Wildman–Crippen LogP) is 4.26. The van der Waals surface area contributed by atoms with Crippen molar-refractivity contribution in [2.75, 3.05) is 6.61 Å². The van der Waals surface area contributed by atoms with Crippen LogP contribution in [0.1, 0.15) is 53.9 Å². The van der Waals surface area contributed by atoms with Crippen LogP contribution in [0.25, 0.3) is 0 Å². The zero-order valence-corrected chi connectivity index (χ0v) is 17.3. The molecular weight excluding hydrogens is 338 g/mol. The van der Waals surface area contributed by atoms with Gasteiger partial charge in [-0.2, -0.15) is 0 Å². The third-order valence-corrected chi connectivity index (χ3v) is 4.88. The highest BCUT2D eigenvalue weighted by atomic mass is 16.4. The summed E-state index contributed by atoms with van der Waals surface area (Å²) in [5.41, 5.74) is 5.35. The highest BCUT2D eigenvalue weighted by Crippen LogP contribution is 2.40. The summed E-state index contributed by atoms with van der Waals surface area (Å²) in [7, 11) is 0. The molecule has 0 aromatic heterocycles. The predicted molar refractivity (Wildman–Crippen MR) is 114 cm³/mol. The van der Waals surface area contributed by atoms with E-state index in [2.05, 4.69) is 50.9 Å². The molecule has 1 aliphatic carbocycles. The van der Waals surface area contributed by atoms with Gasteiger partial charge in [-0.15, -0.1) is 0 Å². The van der Waals surface area contributed by atoms with Crippen LogP contribution >= 0.6 is 0 Å². The summed E-state index contributed by atoms with van der Waals surface area (Å²) >= 11 is 0. The first-order valence-corrected chi connectivity index (χ1v) is 9.57. The van der Waals surface area contributed by atoms with Crippen LogP contribution in [0.4, 0.5) is 0 Å². The first-order valence-electron chi connectivity index (χ1n) is 9.57. The maximum Gasteiger partial charge on any atom is 0.173 e. The number of rotatable bonds is 8. The maximum absolute atomic E-state index is 9.43. The minimum Gasteiger partial charge on any atom is -0.393 e. The van der Waals surface area contributed by atoms with Crippen molar-refractivity contribution in [3.8, 4) is 0 Å². The summed E-state index contributed by atoms with van der Waals surface area (Å²) in [6.07, 6.45) is 14.7. The molecule has 2 atom stereocenters. The fourth-order valence-electron chi connectivity index (χ4n) is 3.13. The van der Waals surface area contributed by atoms with Crippen molar-refractivity contribution in [1.82, 2.24) is 0 Å². The Kier molecular flexibility index (Phi) is 9.64. The van der Waals surface area contributed by atoms with Gasteiger partial charge in [-0.05, 0) is 62.7 Å². The van der Waals surface area contributed by atoms with Crippen LogP contribution in [0.5, 0.6) is 0 Å². The third kappa shape index (κ3) is 8.21. The lowest BCUT2D eigenvalue weighted by molar-refractivity contribution is -0.00868. The van der Waals surface area contributed by atoms with E-state index in [1.807, 2.05) is 19.1 Å². The van der Waals surface area contributed by atoms with E-state index in [9.17, 15) is 10.2 Å². The Morgan fingerprint density at radius 2 is 1.81 bits per heavy atom. The van der Waals surface area contributed by atoms with E-state index >= 15 is 0 Å². The molecule has 0 aromatic carbocycles. The summed E-state index contributed by atoms with van der Waals surface area (Å²) in [6, 6.07) is 0. The molecule has 0 aromatic rings. The second-order valence-electron chi connectivity index (χ2n) is 7.91. The number of aliphatic hydroxyl groups is 3. The molecule has 0 fully saturated rings. The zero-order chi connectivity index (χ0) is 20.4. The standard InChI is InChI=1S/C23H35NO3/c1-17(11-12-20-19(3)10-7-14-23(20,4)5)8-6-9-18(2)13-15-24-22(27)21(26)16-25/h6,8-9,11-13,15,21-22,25-27H,7,10,14,16H2,1-5H3/b9-6+,12-11+,17-8+,18-13?,24-15?. The topological polar surface area (TPSA) is 73.1 Å². The number of hydrogen-bond acceptors (Lipinski definition) is 4. The molecule has 0 amide bonds. The second-order valence-corrected chi connectivity index (χ2v) is 7.91. The zero-order valence-electron chi connectivity index (χ0n) is 17.3. The van der Waals surface area contributed by atoms with Crippen LogP contribution in [0.15, 0.2) is 63.7 Å². The Hall–Kier alpha value is -1.75. The quantitative estimate of drug-likeness (QED) is 0.440. The first-order chi connectivity index (χ1) is 12.7. The van der Waals surface area contributed by atoms with Crippen LogP contribution in [-0.2, 0) is 0 Å². The fourth-order valence-corrected chi connectivity index (χ4v) is 3.13. The number of aliphatic hydroxyl groups excluding tert-OH is 3. The third-order valence-electron chi connectivity index (χ3n) is 4.88. The summed E-state index contributed by atoms with van der Waals surface area (Å²) in [4.78, 5) is 3.76. The molecule has 0 spiro atoms. The van der Waals surface area contributed by atoms with Crippen LogP contribution in [0, 0.1) is 5.41 Å². The van der Waals surface area contributed by atoms with Gasteiger partial charge in [0.15, 0.2) is 6.23 Å². The summed E-state index contributed by atoms with van der Waals surface area (Å²) in [5, 5.41) is 27.4. The van der Waals surface area contributed by atoms with E-state index in [1.54, 1.807) is 6.08 Å². The minimum absolute atomic E-state index is 0.252. The van der Waals surface area contributed by atoms with Gasteiger partial charge in [-0.25, -0.2) is 0 Å². The number of aliphatic imine (C=N–C) groups is 1. The highest BCUT2D eigenvalue weighted by molar-refractivity contribution is 5.73. The number of hydrogen-bond donors (Lipinski definition) is 3. The Morgan fingerprint density at radius 1 is 1.15 bits per heavy atom. The van der Waals surface area contributed by atoms with E-state index in [0.717, 1.165) is 5.57 Å². The lowest BCUT2D eigenvalue weighted by Gasteiger charge is -2.32. The summed E-state index contributed by atoms with van der Waals surface area (Å²) in [6.45, 7) is 10.4. The maximum atomic E-state index is 9.43. The lowest BCUT2D eigenvalue weighted by Crippen LogP contribution is -2.27. The van der Waals surface area contributed by atoms with Gasteiger partial charge < -0.3 is 15.3 Å². The summed E-state index contributed by atoms with van der Waals surface area (Å²) < 4.78 is 0. The van der Waals surface area contributed by atoms with Gasteiger partial charge in [-0.3, -0.25) is 4.99 Å². The monoisotopic (exact) mass is 373 g/mol. The van der Waals surface area contributed by atoms with Gasteiger partial charge in [-0.1, -0.05) is 55.4 Å². The van der Waals surface area contributed by atoms with Gasteiger partial charge in [0, 0.05) is 6.21 Å². The molecule has 3 N–H and O–H groups in total. The molecule has 0 saturated heterocycles. The van der Waals surface area contributed by atoms with Crippen molar-refractivity contribution < 1.29 is 15.3 Å². The molecule has 4 heteroatoms. The highest BCUT2D eigenvalue weighted by Gasteiger charge is 2.26. The molecule has 27 heavy (non-hydrogen) atoms. The van der Waals surface area contributed by atoms with Crippen molar-refractivity contribution in [2.45, 2.75) is 66.2 Å². The van der Waals surface area contributed by atoms with E-state index in [-0.39, 0.29) is 5.41 Å². The molecule has 0 bridgehead atoms. The Bertz CT molecular complexity index is 663. The Labute approximate surface area is 164 Å². The molecule has 4 nitrogen and oxygen atoms in total.